The number of hydrogen-bond donors (Lipinski definition) is 0. The average molecular weight is 545 g/mol. The monoisotopic (exact) mass is 543 g/mol. The third kappa shape index (κ3) is 5.39. The Morgan fingerprint density at radius 1 is 1.06 bits per heavy atom. The molecule has 0 spiro atoms. The van der Waals surface area contributed by atoms with Crippen LogP contribution in [0.3, 0.4) is 0 Å². The molecular weight excluding hydrogens is 513 g/mol. The first-order chi connectivity index (χ1) is 17.3. The van der Waals surface area contributed by atoms with Crippen molar-refractivity contribution >= 4 is 40.2 Å². The lowest BCUT2D eigenvalue weighted by Crippen LogP contribution is -2.26. The molecule has 0 atom stereocenters. The van der Waals surface area contributed by atoms with Crippen LogP contribution in [0.4, 0.5) is 5.69 Å². The third-order valence-electron chi connectivity index (χ3n) is 6.49. The van der Waals surface area contributed by atoms with E-state index in [1.54, 1.807) is 10.7 Å². The first-order valence-corrected chi connectivity index (χ1v) is 13.7. The van der Waals surface area contributed by atoms with Crippen LogP contribution in [0.1, 0.15) is 26.0 Å². The molecule has 2 aromatic carbocycles. The van der Waals surface area contributed by atoms with Crippen LogP contribution in [-0.4, -0.2) is 38.5 Å². The number of rotatable bonds is 9. The van der Waals surface area contributed by atoms with Crippen molar-refractivity contribution in [2.45, 2.75) is 33.7 Å². The van der Waals surface area contributed by atoms with Crippen LogP contribution in [0.15, 0.2) is 63.7 Å². The van der Waals surface area contributed by atoms with Crippen molar-refractivity contribution in [1.82, 2.24) is 18.8 Å². The van der Waals surface area contributed by atoms with Crippen LogP contribution >= 0.6 is 34.5 Å². The van der Waals surface area contributed by atoms with Crippen molar-refractivity contribution in [3.63, 3.8) is 0 Å². The number of nitrogens with zero attached hydrogens (tertiary/aromatic N) is 5. The summed E-state index contributed by atoms with van der Waals surface area (Å²) in [6, 6.07) is 15.2. The molecule has 0 N–H and O–H groups in total. The van der Waals surface area contributed by atoms with E-state index in [9.17, 15) is 4.79 Å². The van der Waals surface area contributed by atoms with Gasteiger partial charge in [-0.3, -0.25) is 9.48 Å². The maximum absolute atomic E-state index is 13.5. The fraction of sp³-hybridized carbons (Fsp3) is 0.333. The number of thiazole rings is 1. The lowest BCUT2D eigenvalue weighted by atomic mass is 10.1. The molecule has 0 amide bonds. The molecule has 6 nitrogen and oxygen atoms in total. The van der Waals surface area contributed by atoms with Gasteiger partial charge in [0, 0.05) is 29.6 Å². The Kier molecular flexibility index (Phi) is 8.57. The van der Waals surface area contributed by atoms with Crippen molar-refractivity contribution in [2.24, 2.45) is 12.0 Å². The highest BCUT2D eigenvalue weighted by Gasteiger charge is 2.17. The number of benzene rings is 2. The fourth-order valence-electron chi connectivity index (χ4n) is 4.32. The third-order valence-corrected chi connectivity index (χ3v) is 7.90. The molecular formula is C27H31Cl2N5OS. The van der Waals surface area contributed by atoms with E-state index in [2.05, 4.69) is 28.7 Å². The van der Waals surface area contributed by atoms with Crippen LogP contribution in [0.5, 0.6) is 0 Å². The highest BCUT2D eigenvalue weighted by Crippen LogP contribution is 2.31. The second-order valence-corrected chi connectivity index (χ2v) is 10.3. The van der Waals surface area contributed by atoms with E-state index in [0.717, 1.165) is 60.0 Å². The van der Waals surface area contributed by atoms with Gasteiger partial charge < -0.3 is 9.47 Å². The first-order valence-electron chi connectivity index (χ1n) is 12.1. The van der Waals surface area contributed by atoms with Gasteiger partial charge in [0.25, 0.3) is 5.56 Å². The average Bonchev–Trinajstić information content (AvgIpc) is 3.36. The van der Waals surface area contributed by atoms with Crippen LogP contribution in [0.2, 0.25) is 10.0 Å². The molecule has 190 valence electrons. The van der Waals surface area contributed by atoms with E-state index in [0.29, 0.717) is 15.7 Å². The van der Waals surface area contributed by atoms with Crippen molar-refractivity contribution < 1.29 is 0 Å². The van der Waals surface area contributed by atoms with Crippen molar-refractivity contribution in [3.05, 3.63) is 84.8 Å². The zero-order valence-corrected chi connectivity index (χ0v) is 23.4. The second kappa shape index (κ2) is 11.6. The van der Waals surface area contributed by atoms with Crippen LogP contribution in [0.25, 0.3) is 16.9 Å². The van der Waals surface area contributed by atoms with E-state index in [4.69, 9.17) is 28.2 Å². The second-order valence-electron chi connectivity index (χ2n) is 8.58. The molecule has 4 rings (SSSR count). The topological polar surface area (TPSA) is 47.5 Å². The molecule has 36 heavy (non-hydrogen) atoms. The first kappa shape index (κ1) is 26.5. The predicted octanol–water partition coefficient (Wildman–Crippen LogP) is 6.29. The number of aromatic nitrogens is 3. The van der Waals surface area contributed by atoms with E-state index in [1.165, 1.54) is 11.3 Å². The molecule has 2 heterocycles. The van der Waals surface area contributed by atoms with Crippen molar-refractivity contribution in [2.75, 3.05) is 19.6 Å². The quantitative estimate of drug-likeness (QED) is 0.249. The largest absolute Gasteiger partial charge is 0.316 e. The van der Waals surface area contributed by atoms with Gasteiger partial charge in [-0.1, -0.05) is 55.2 Å². The zero-order chi connectivity index (χ0) is 25.8. The Morgan fingerprint density at radius 2 is 1.78 bits per heavy atom. The number of para-hydroxylation sites is 1. The summed E-state index contributed by atoms with van der Waals surface area (Å²) >= 11 is 14.3. The van der Waals surface area contributed by atoms with Gasteiger partial charge in [0.05, 0.1) is 22.1 Å². The molecule has 0 saturated carbocycles. The summed E-state index contributed by atoms with van der Waals surface area (Å²) in [5.74, 6) is 0. The van der Waals surface area contributed by atoms with Gasteiger partial charge >= 0.3 is 0 Å². The molecule has 0 aliphatic heterocycles. The fourth-order valence-corrected chi connectivity index (χ4v) is 5.76. The van der Waals surface area contributed by atoms with Crippen LogP contribution in [-0.2, 0) is 13.6 Å². The van der Waals surface area contributed by atoms with Crippen LogP contribution < -0.4 is 10.4 Å². The molecule has 0 unspecified atom stereocenters. The van der Waals surface area contributed by atoms with Gasteiger partial charge in [-0.05, 0) is 63.3 Å². The summed E-state index contributed by atoms with van der Waals surface area (Å²) in [4.78, 5) is 21.6. The molecule has 0 aliphatic carbocycles. The van der Waals surface area contributed by atoms with E-state index in [-0.39, 0.29) is 5.56 Å². The Morgan fingerprint density at radius 3 is 2.44 bits per heavy atom. The summed E-state index contributed by atoms with van der Waals surface area (Å²) < 4.78 is 5.68. The Balaban J connectivity index is 1.83. The Bertz CT molecular complexity index is 1460. The van der Waals surface area contributed by atoms with Gasteiger partial charge in [0.15, 0.2) is 10.5 Å². The normalized spacial score (nSPS) is 12.1. The van der Waals surface area contributed by atoms with Gasteiger partial charge in [0.2, 0.25) is 0 Å². The van der Waals surface area contributed by atoms with Crippen molar-refractivity contribution in [3.8, 4) is 16.9 Å². The summed E-state index contributed by atoms with van der Waals surface area (Å²) in [7, 11) is 1.88. The van der Waals surface area contributed by atoms with Gasteiger partial charge in [-0.15, -0.1) is 11.3 Å². The molecule has 0 saturated heterocycles. The minimum absolute atomic E-state index is 0.143. The molecule has 0 radical (unpaired) electrons. The molecule has 0 aliphatic rings. The van der Waals surface area contributed by atoms with Crippen LogP contribution in [0, 0.1) is 6.92 Å². The SMILES string of the molecule is CCN(CC)CCCn1c(-c2ccc(Cl)cc2Cl)csc1=Nc1c(C)n(C)n(-c2ccccc2)c1=O. The summed E-state index contributed by atoms with van der Waals surface area (Å²) in [5, 5.41) is 3.24. The minimum atomic E-state index is -0.143. The lowest BCUT2D eigenvalue weighted by molar-refractivity contribution is 0.293. The number of hydrogen-bond acceptors (Lipinski definition) is 4. The van der Waals surface area contributed by atoms with Crippen molar-refractivity contribution in [1.29, 1.82) is 0 Å². The molecule has 0 bridgehead atoms. The Hall–Kier alpha value is -2.58. The molecule has 2 aromatic heterocycles. The molecule has 9 heteroatoms. The molecule has 4 aromatic rings. The predicted molar refractivity (Wildman–Crippen MR) is 151 cm³/mol. The zero-order valence-electron chi connectivity index (χ0n) is 21.0. The highest BCUT2D eigenvalue weighted by molar-refractivity contribution is 7.07. The Labute approximate surface area is 225 Å². The van der Waals surface area contributed by atoms with Gasteiger partial charge in [-0.25, -0.2) is 9.67 Å². The highest BCUT2D eigenvalue weighted by atomic mass is 35.5. The summed E-state index contributed by atoms with van der Waals surface area (Å²) in [6.45, 7) is 10.0. The smallest absolute Gasteiger partial charge is 0.297 e. The minimum Gasteiger partial charge on any atom is -0.316 e. The van der Waals surface area contributed by atoms with E-state index < -0.39 is 0 Å². The standard InChI is InChI=1S/C27H31Cl2N5OS/c1-5-32(6-2)15-10-16-33-24(22-14-13-20(28)17-23(22)29)18-36-27(33)30-25-19(3)31(4)34(26(25)35)21-11-8-7-9-12-21/h7-9,11-14,17-18H,5-6,10,15-16H2,1-4H3. The van der Waals surface area contributed by atoms with Gasteiger partial charge in [-0.2, -0.15) is 0 Å². The maximum Gasteiger partial charge on any atom is 0.297 e. The van der Waals surface area contributed by atoms with E-state index in [1.807, 2.05) is 61.1 Å². The summed E-state index contributed by atoms with van der Waals surface area (Å²) in [6.07, 6.45) is 0.950. The molecule has 0 fully saturated rings. The maximum atomic E-state index is 13.5. The lowest BCUT2D eigenvalue weighted by Gasteiger charge is -2.18. The number of halogens is 2. The summed E-state index contributed by atoms with van der Waals surface area (Å²) in [5.41, 5.74) is 3.77. The van der Waals surface area contributed by atoms with Gasteiger partial charge in [0.1, 0.15) is 0 Å². The van der Waals surface area contributed by atoms with E-state index >= 15 is 0 Å².